The van der Waals surface area contributed by atoms with Crippen molar-refractivity contribution in [1.29, 1.82) is 0 Å². The highest BCUT2D eigenvalue weighted by Crippen LogP contribution is 2.33. The normalized spacial score (nSPS) is 10.7. The third-order valence-electron chi connectivity index (χ3n) is 2.47. The molecule has 0 heterocycles. The van der Waals surface area contributed by atoms with Gasteiger partial charge >= 0.3 is 0 Å². The van der Waals surface area contributed by atoms with Gasteiger partial charge in [0.2, 0.25) is 0 Å². The van der Waals surface area contributed by atoms with E-state index >= 15 is 0 Å². The summed E-state index contributed by atoms with van der Waals surface area (Å²) in [6.07, 6.45) is 0. The average molecular weight is 365 g/mol. The summed E-state index contributed by atoms with van der Waals surface area (Å²) in [5.74, 6) is -1.00. The van der Waals surface area contributed by atoms with Crippen LogP contribution in [-0.2, 0) is 5.75 Å². The summed E-state index contributed by atoms with van der Waals surface area (Å²) in [5, 5.41) is 0.473. The second-order valence-electron chi connectivity index (χ2n) is 3.80. The summed E-state index contributed by atoms with van der Waals surface area (Å²) in [6, 6.07) is 7.61. The Morgan fingerprint density at radius 2 is 1.95 bits per heavy atom. The van der Waals surface area contributed by atoms with Gasteiger partial charge < -0.3 is 5.73 Å². The largest absolute Gasteiger partial charge is 0.399 e. The summed E-state index contributed by atoms with van der Waals surface area (Å²) in [6.45, 7) is 0. The van der Waals surface area contributed by atoms with Gasteiger partial charge in [-0.1, -0.05) is 11.6 Å². The maximum Gasteiger partial charge on any atom is 0.144 e. The van der Waals surface area contributed by atoms with E-state index in [-0.39, 0.29) is 15.8 Å². The smallest absolute Gasteiger partial charge is 0.144 e. The van der Waals surface area contributed by atoms with Gasteiger partial charge in [-0.05, 0) is 46.3 Å². The van der Waals surface area contributed by atoms with Crippen molar-refractivity contribution < 1.29 is 8.78 Å². The molecule has 2 rings (SSSR count). The van der Waals surface area contributed by atoms with Crippen molar-refractivity contribution in [2.45, 2.75) is 10.6 Å². The molecule has 0 amide bonds. The molecule has 2 aromatic rings. The maximum atomic E-state index is 13.8. The first-order chi connectivity index (χ1) is 8.99. The molecule has 0 aromatic heterocycles. The van der Waals surface area contributed by atoms with Crippen LogP contribution in [0.1, 0.15) is 5.56 Å². The van der Waals surface area contributed by atoms with E-state index < -0.39 is 11.6 Å². The number of rotatable bonds is 3. The minimum Gasteiger partial charge on any atom is -0.399 e. The van der Waals surface area contributed by atoms with Crippen LogP contribution in [0.5, 0.6) is 0 Å². The molecule has 0 saturated carbocycles. The van der Waals surface area contributed by atoms with Crippen molar-refractivity contribution in [3.63, 3.8) is 0 Å². The summed E-state index contributed by atoms with van der Waals surface area (Å²) in [5.41, 5.74) is 6.15. The molecule has 100 valence electrons. The zero-order chi connectivity index (χ0) is 14.0. The topological polar surface area (TPSA) is 26.0 Å². The van der Waals surface area contributed by atoms with E-state index in [0.29, 0.717) is 10.7 Å². The van der Waals surface area contributed by atoms with E-state index in [1.165, 1.54) is 23.9 Å². The van der Waals surface area contributed by atoms with E-state index in [4.69, 9.17) is 17.3 Å². The van der Waals surface area contributed by atoms with Gasteiger partial charge in [0.1, 0.15) is 11.6 Å². The molecule has 0 bridgehead atoms. The Morgan fingerprint density at radius 1 is 1.21 bits per heavy atom. The molecule has 0 unspecified atom stereocenters. The SMILES string of the molecule is Nc1ccc(SCc2c(F)ccc(Br)c2F)c(Cl)c1. The van der Waals surface area contributed by atoms with Gasteiger partial charge in [0.25, 0.3) is 0 Å². The van der Waals surface area contributed by atoms with Crippen molar-refractivity contribution in [2.75, 3.05) is 5.73 Å². The summed E-state index contributed by atoms with van der Waals surface area (Å²) in [4.78, 5) is 0.731. The Kier molecular flexibility index (Phi) is 4.71. The Labute approximate surface area is 127 Å². The van der Waals surface area contributed by atoms with Crippen LogP contribution in [0.25, 0.3) is 0 Å². The van der Waals surface area contributed by atoms with Crippen LogP contribution in [0.3, 0.4) is 0 Å². The van der Waals surface area contributed by atoms with Crippen molar-refractivity contribution >= 4 is 45.0 Å². The molecular formula is C13H9BrClF2NS. The average Bonchev–Trinajstić information content (AvgIpc) is 2.36. The molecule has 0 fully saturated rings. The zero-order valence-electron chi connectivity index (χ0n) is 9.59. The van der Waals surface area contributed by atoms with E-state index in [9.17, 15) is 8.78 Å². The molecular weight excluding hydrogens is 356 g/mol. The molecule has 19 heavy (non-hydrogen) atoms. The van der Waals surface area contributed by atoms with Gasteiger partial charge in [0.15, 0.2) is 0 Å². The van der Waals surface area contributed by atoms with Gasteiger partial charge in [0.05, 0.1) is 9.50 Å². The quantitative estimate of drug-likeness (QED) is 0.457. The van der Waals surface area contributed by atoms with E-state index in [1.807, 2.05) is 0 Å². The highest BCUT2D eigenvalue weighted by Gasteiger charge is 2.13. The van der Waals surface area contributed by atoms with Crippen molar-refractivity contribution in [1.82, 2.24) is 0 Å². The van der Waals surface area contributed by atoms with Crippen molar-refractivity contribution in [2.24, 2.45) is 0 Å². The standard InChI is InChI=1S/C13H9BrClF2NS/c14-9-2-3-11(16)8(13(9)17)6-19-12-4-1-7(18)5-10(12)15/h1-5H,6,18H2. The van der Waals surface area contributed by atoms with Crippen LogP contribution in [0.2, 0.25) is 5.02 Å². The Bertz CT molecular complexity index is 622. The number of hydrogen-bond donors (Lipinski definition) is 1. The first-order valence-corrected chi connectivity index (χ1v) is 7.45. The predicted molar refractivity (Wildman–Crippen MR) is 79.5 cm³/mol. The molecule has 1 nitrogen and oxygen atoms in total. The number of nitrogens with two attached hydrogens (primary N) is 1. The molecule has 0 spiro atoms. The molecule has 0 atom stereocenters. The summed E-state index contributed by atoms with van der Waals surface area (Å²) < 4.78 is 27.6. The predicted octanol–water partition coefficient (Wildman–Crippen LogP) is 5.26. The van der Waals surface area contributed by atoms with Crippen LogP contribution < -0.4 is 5.73 Å². The molecule has 6 heteroatoms. The molecule has 0 radical (unpaired) electrons. The molecule has 0 aliphatic heterocycles. The van der Waals surface area contributed by atoms with Gasteiger partial charge in [-0.3, -0.25) is 0 Å². The highest BCUT2D eigenvalue weighted by molar-refractivity contribution is 9.10. The van der Waals surface area contributed by atoms with Gasteiger partial charge in [-0.15, -0.1) is 11.8 Å². The lowest BCUT2D eigenvalue weighted by atomic mass is 10.2. The molecule has 2 aromatic carbocycles. The van der Waals surface area contributed by atoms with E-state index in [2.05, 4.69) is 15.9 Å². The molecule has 0 aliphatic carbocycles. The number of benzene rings is 2. The number of anilines is 1. The first kappa shape index (κ1) is 14.6. The van der Waals surface area contributed by atoms with Crippen LogP contribution in [0.4, 0.5) is 14.5 Å². The second-order valence-corrected chi connectivity index (χ2v) is 6.08. The highest BCUT2D eigenvalue weighted by atomic mass is 79.9. The fraction of sp³-hybridized carbons (Fsp3) is 0.0769. The number of halogens is 4. The van der Waals surface area contributed by atoms with Gasteiger partial charge in [-0.25, -0.2) is 8.78 Å². The molecule has 0 saturated heterocycles. The van der Waals surface area contributed by atoms with Gasteiger partial charge in [-0.2, -0.15) is 0 Å². The fourth-order valence-corrected chi connectivity index (χ4v) is 3.14. The molecule has 2 N–H and O–H groups in total. The third kappa shape index (κ3) is 3.41. The Morgan fingerprint density at radius 3 is 2.63 bits per heavy atom. The minimum absolute atomic E-state index is 0.0206. The first-order valence-electron chi connectivity index (χ1n) is 5.29. The van der Waals surface area contributed by atoms with Crippen LogP contribution >= 0.6 is 39.3 Å². The zero-order valence-corrected chi connectivity index (χ0v) is 12.7. The van der Waals surface area contributed by atoms with E-state index in [0.717, 1.165) is 4.90 Å². The maximum absolute atomic E-state index is 13.8. The number of hydrogen-bond acceptors (Lipinski definition) is 2. The monoisotopic (exact) mass is 363 g/mol. The Balaban J connectivity index is 2.21. The van der Waals surface area contributed by atoms with E-state index in [1.54, 1.807) is 18.2 Å². The lowest BCUT2D eigenvalue weighted by Gasteiger charge is -2.08. The second kappa shape index (κ2) is 6.11. The van der Waals surface area contributed by atoms with Crippen LogP contribution in [-0.4, -0.2) is 0 Å². The van der Waals surface area contributed by atoms with Crippen LogP contribution in [0, 0.1) is 11.6 Å². The molecule has 0 aliphatic rings. The number of thioether (sulfide) groups is 1. The Hall–Kier alpha value is -0.780. The lowest BCUT2D eigenvalue weighted by Crippen LogP contribution is -1.95. The fourth-order valence-electron chi connectivity index (χ4n) is 1.49. The minimum atomic E-state index is -0.584. The third-order valence-corrected chi connectivity index (χ3v) is 4.60. The summed E-state index contributed by atoms with van der Waals surface area (Å²) in [7, 11) is 0. The van der Waals surface area contributed by atoms with Gasteiger partial charge in [0, 0.05) is 21.9 Å². The number of nitrogen functional groups attached to an aromatic ring is 1. The van der Waals surface area contributed by atoms with Crippen molar-refractivity contribution in [3.8, 4) is 0 Å². The summed E-state index contributed by atoms with van der Waals surface area (Å²) >= 11 is 10.3. The lowest BCUT2D eigenvalue weighted by molar-refractivity contribution is 0.562. The van der Waals surface area contributed by atoms with Crippen LogP contribution in [0.15, 0.2) is 39.7 Å². The van der Waals surface area contributed by atoms with Crippen molar-refractivity contribution in [3.05, 3.63) is 57.0 Å².